The zero-order valence-corrected chi connectivity index (χ0v) is 30.0. The fourth-order valence-corrected chi connectivity index (χ4v) is 5.09. The minimum atomic E-state index is -1.40. The third-order valence-electron chi connectivity index (χ3n) is 7.14. The lowest BCUT2D eigenvalue weighted by Gasteiger charge is -2.25. The van der Waals surface area contributed by atoms with Crippen molar-refractivity contribution >= 4 is 41.7 Å². The van der Waals surface area contributed by atoms with Crippen LogP contribution in [0.25, 0.3) is 11.1 Å². The Hall–Kier alpha value is -5.47. The summed E-state index contributed by atoms with van der Waals surface area (Å²) < 4.78 is 16.2. The Kier molecular flexibility index (Phi) is 13.7. The molecule has 276 valence electrons. The van der Waals surface area contributed by atoms with Crippen molar-refractivity contribution in [3.8, 4) is 11.1 Å². The molecule has 0 radical (unpaired) electrons. The molecule has 5 amide bonds. The van der Waals surface area contributed by atoms with Gasteiger partial charge in [-0.15, -0.1) is 0 Å². The van der Waals surface area contributed by atoms with E-state index in [1.807, 2.05) is 48.5 Å². The predicted octanol–water partition coefficient (Wildman–Crippen LogP) is 2.76. The summed E-state index contributed by atoms with van der Waals surface area (Å²) in [7, 11) is 0. The van der Waals surface area contributed by atoms with Crippen molar-refractivity contribution in [1.29, 1.82) is 0 Å². The Morgan fingerprint density at radius 1 is 0.745 bits per heavy atom. The molecule has 0 aliphatic heterocycles. The first-order valence-corrected chi connectivity index (χ1v) is 16.4. The monoisotopic (exact) mass is 709 g/mol. The number of alkyl carbamates (subject to hydrolysis) is 1. The Labute approximate surface area is 297 Å². The fourth-order valence-electron chi connectivity index (χ4n) is 5.09. The van der Waals surface area contributed by atoms with Gasteiger partial charge in [-0.25, -0.2) is 9.59 Å². The van der Waals surface area contributed by atoms with Crippen molar-refractivity contribution in [3.05, 3.63) is 59.7 Å². The number of fused-ring (bicyclic) bond motifs is 3. The van der Waals surface area contributed by atoms with Crippen LogP contribution in [0, 0.1) is 0 Å². The highest BCUT2D eigenvalue weighted by Gasteiger charge is 2.31. The number of carbonyl (C=O) groups is 7. The number of carbonyl (C=O) groups excluding carboxylic acids is 7. The largest absolute Gasteiger partial charge is 0.460 e. The van der Waals surface area contributed by atoms with Crippen LogP contribution in [0.3, 0.4) is 0 Å². The molecule has 0 heterocycles. The maximum atomic E-state index is 13.4. The second-order valence-electron chi connectivity index (χ2n) is 13.9. The molecule has 51 heavy (non-hydrogen) atoms. The summed E-state index contributed by atoms with van der Waals surface area (Å²) in [5.74, 6) is -3.82. The molecule has 3 rings (SSSR count). The second-order valence-corrected chi connectivity index (χ2v) is 13.9. The predicted molar refractivity (Wildman–Crippen MR) is 185 cm³/mol. The molecule has 0 bridgehead atoms. The van der Waals surface area contributed by atoms with Crippen molar-refractivity contribution < 1.29 is 47.8 Å². The van der Waals surface area contributed by atoms with Crippen molar-refractivity contribution in [2.45, 2.75) is 78.0 Å². The summed E-state index contributed by atoms with van der Waals surface area (Å²) in [6, 6.07) is 14.1. The molecule has 0 fully saturated rings. The Morgan fingerprint density at radius 2 is 1.31 bits per heavy atom. The molecule has 4 N–H and O–H groups in total. The van der Waals surface area contributed by atoms with E-state index in [0.29, 0.717) is 0 Å². The van der Waals surface area contributed by atoms with Crippen LogP contribution in [0.4, 0.5) is 9.59 Å². The van der Waals surface area contributed by atoms with Gasteiger partial charge in [0.05, 0.1) is 19.5 Å². The van der Waals surface area contributed by atoms with Crippen LogP contribution < -0.4 is 21.3 Å². The minimum absolute atomic E-state index is 0.0510. The molecule has 1 atom stereocenters. The third kappa shape index (κ3) is 13.1. The molecule has 0 spiro atoms. The van der Waals surface area contributed by atoms with Crippen LogP contribution >= 0.6 is 0 Å². The summed E-state index contributed by atoms with van der Waals surface area (Å²) in [6.45, 7) is 9.08. The van der Waals surface area contributed by atoms with Gasteiger partial charge in [-0.3, -0.25) is 28.9 Å². The average molecular weight is 710 g/mol. The normalized spacial score (nSPS) is 12.7. The number of amides is 5. The summed E-state index contributed by atoms with van der Waals surface area (Å²) in [5.41, 5.74) is 2.34. The van der Waals surface area contributed by atoms with Gasteiger partial charge in [-0.2, -0.15) is 0 Å². The van der Waals surface area contributed by atoms with Gasteiger partial charge in [0.25, 0.3) is 0 Å². The fraction of sp³-hybridized carbons (Fsp3) is 0.472. The van der Waals surface area contributed by atoms with Crippen molar-refractivity contribution in [1.82, 2.24) is 26.2 Å². The lowest BCUT2D eigenvalue weighted by molar-refractivity contribution is -0.156. The highest BCUT2D eigenvalue weighted by Crippen LogP contribution is 2.44. The molecule has 0 saturated heterocycles. The van der Waals surface area contributed by atoms with E-state index in [-0.39, 0.29) is 24.9 Å². The SMILES string of the molecule is CC(=O)CNC(=O)C(CC(=O)OC(C)(C)C)NC(=O)CNC(=O)CN(CNC(=O)OC(C)(C)C)C(=O)OCC1c2ccccc2-c2ccccc21. The first kappa shape index (κ1) is 40.0. The molecule has 1 aliphatic carbocycles. The standard InChI is InChI=1S/C36H47N5O10/c1-22(42)17-38-32(46)28(16-31(45)50-35(2,3)4)40-29(43)18-37-30(44)19-41(21-39-33(47)51-36(5,6)7)34(48)49-20-27-25-14-10-8-12-23(25)24-13-9-11-15-26(24)27/h8-15,27-28H,16-21H2,1-7H3,(H,37,44)(H,38,46)(H,39,47)(H,40,43). The molecular formula is C36H47N5O10. The molecule has 15 nitrogen and oxygen atoms in total. The lowest BCUT2D eigenvalue weighted by atomic mass is 9.98. The topological polar surface area (TPSA) is 199 Å². The Bertz CT molecular complexity index is 1580. The average Bonchev–Trinajstić information content (AvgIpc) is 3.34. The second kappa shape index (κ2) is 17.5. The van der Waals surface area contributed by atoms with Gasteiger partial charge in [0.15, 0.2) is 0 Å². The summed E-state index contributed by atoms with van der Waals surface area (Å²) >= 11 is 0. The highest BCUT2D eigenvalue weighted by atomic mass is 16.6. The number of ketones is 1. The zero-order chi connectivity index (χ0) is 37.9. The molecule has 0 saturated carbocycles. The summed E-state index contributed by atoms with van der Waals surface area (Å²) in [6.07, 6.45) is -2.28. The van der Waals surface area contributed by atoms with E-state index >= 15 is 0 Å². The number of esters is 1. The maximum Gasteiger partial charge on any atom is 0.411 e. The van der Waals surface area contributed by atoms with Gasteiger partial charge in [-0.1, -0.05) is 48.5 Å². The van der Waals surface area contributed by atoms with Crippen molar-refractivity contribution in [2.75, 3.05) is 32.9 Å². The van der Waals surface area contributed by atoms with E-state index in [2.05, 4.69) is 21.3 Å². The number of Topliss-reactive ketones (excluding diaryl/α,β-unsaturated/α-hetero) is 1. The van der Waals surface area contributed by atoms with Crippen LogP contribution in [0.2, 0.25) is 0 Å². The Morgan fingerprint density at radius 3 is 1.86 bits per heavy atom. The van der Waals surface area contributed by atoms with Crippen LogP contribution in [0.5, 0.6) is 0 Å². The molecule has 2 aromatic carbocycles. The zero-order valence-electron chi connectivity index (χ0n) is 30.0. The summed E-state index contributed by atoms with van der Waals surface area (Å²) in [5, 5.41) is 9.49. The summed E-state index contributed by atoms with van der Waals surface area (Å²) in [4.78, 5) is 88.9. The number of nitrogens with one attached hydrogen (secondary N) is 4. The first-order chi connectivity index (χ1) is 23.8. The van der Waals surface area contributed by atoms with E-state index in [4.69, 9.17) is 14.2 Å². The smallest absolute Gasteiger partial charge is 0.411 e. The molecule has 1 aliphatic rings. The first-order valence-electron chi connectivity index (χ1n) is 16.4. The van der Waals surface area contributed by atoms with Crippen molar-refractivity contribution in [2.24, 2.45) is 0 Å². The number of benzene rings is 2. The molecule has 1 unspecified atom stereocenters. The maximum absolute atomic E-state index is 13.4. The van der Waals surface area contributed by atoms with Crippen molar-refractivity contribution in [3.63, 3.8) is 0 Å². The van der Waals surface area contributed by atoms with Gasteiger partial charge in [0.1, 0.15) is 42.8 Å². The van der Waals surface area contributed by atoms with Gasteiger partial charge < -0.3 is 35.5 Å². The molecule has 0 aromatic heterocycles. The number of hydrogen-bond acceptors (Lipinski definition) is 10. The van der Waals surface area contributed by atoms with E-state index in [9.17, 15) is 33.6 Å². The van der Waals surface area contributed by atoms with Crippen LogP contribution in [-0.4, -0.2) is 96.7 Å². The van der Waals surface area contributed by atoms with Crippen LogP contribution in [0.15, 0.2) is 48.5 Å². The van der Waals surface area contributed by atoms with Crippen LogP contribution in [-0.2, 0) is 38.2 Å². The highest BCUT2D eigenvalue weighted by molar-refractivity contribution is 5.94. The van der Waals surface area contributed by atoms with Crippen LogP contribution in [0.1, 0.15) is 71.9 Å². The quantitative estimate of drug-likeness (QED) is 0.129. The minimum Gasteiger partial charge on any atom is -0.460 e. The van der Waals surface area contributed by atoms with Gasteiger partial charge >= 0.3 is 18.2 Å². The van der Waals surface area contributed by atoms with E-state index in [1.54, 1.807) is 41.5 Å². The van der Waals surface area contributed by atoms with Gasteiger partial charge in [0.2, 0.25) is 17.7 Å². The Balaban J connectivity index is 1.66. The third-order valence-corrected chi connectivity index (χ3v) is 7.14. The van der Waals surface area contributed by atoms with E-state index in [0.717, 1.165) is 27.2 Å². The number of rotatable bonds is 14. The molecule has 2 aromatic rings. The lowest BCUT2D eigenvalue weighted by Crippen LogP contribution is -2.52. The number of ether oxygens (including phenoxy) is 3. The van der Waals surface area contributed by atoms with Gasteiger partial charge in [-0.05, 0) is 70.7 Å². The van der Waals surface area contributed by atoms with E-state index in [1.165, 1.54) is 6.92 Å². The van der Waals surface area contributed by atoms with E-state index < -0.39 is 79.3 Å². The molecule has 15 heteroatoms. The number of hydrogen-bond donors (Lipinski definition) is 4. The number of nitrogens with zero attached hydrogens (tertiary/aromatic N) is 1. The van der Waals surface area contributed by atoms with Gasteiger partial charge in [0, 0.05) is 5.92 Å². The molecular weight excluding hydrogens is 662 g/mol.